The van der Waals surface area contributed by atoms with Crippen LogP contribution in [0.25, 0.3) is 0 Å². The highest BCUT2D eigenvalue weighted by atomic mass is 16.6. The Hall–Kier alpha value is -4.13. The fraction of sp³-hybridized carbons (Fsp3) is 0.222. The first kappa shape index (κ1) is 23.0. The smallest absolute Gasteiger partial charge is 0.419 e. The van der Waals surface area contributed by atoms with Crippen LogP contribution in [-0.2, 0) is 16.0 Å². The minimum Gasteiger partial charge on any atom is -0.481 e. The van der Waals surface area contributed by atoms with Gasteiger partial charge in [0.05, 0.1) is 11.4 Å². The van der Waals surface area contributed by atoms with Gasteiger partial charge in [-0.15, -0.1) is 0 Å². The lowest BCUT2D eigenvalue weighted by molar-refractivity contribution is -0.139. The summed E-state index contributed by atoms with van der Waals surface area (Å²) in [5.41, 5.74) is 3.06. The van der Waals surface area contributed by atoms with Gasteiger partial charge >= 0.3 is 12.1 Å². The van der Waals surface area contributed by atoms with Crippen LogP contribution in [0.1, 0.15) is 34.3 Å². The van der Waals surface area contributed by atoms with Crippen LogP contribution in [0.4, 0.5) is 16.2 Å². The SMILES string of the molecule is Cc1ccc2c(c1OCC(=O)O)CCCC(OC(=O)N(c1ccccc1)c1ccccc1)C2=O. The first-order valence-electron chi connectivity index (χ1n) is 11.1. The fourth-order valence-corrected chi connectivity index (χ4v) is 4.13. The number of fused-ring (bicyclic) bond motifs is 1. The van der Waals surface area contributed by atoms with Crippen molar-refractivity contribution in [3.63, 3.8) is 0 Å². The lowest BCUT2D eigenvalue weighted by Gasteiger charge is -2.25. The third-order valence-electron chi connectivity index (χ3n) is 5.70. The van der Waals surface area contributed by atoms with E-state index in [-0.39, 0.29) is 5.78 Å². The molecule has 174 valence electrons. The van der Waals surface area contributed by atoms with Gasteiger partial charge in [0.1, 0.15) is 5.75 Å². The van der Waals surface area contributed by atoms with Gasteiger partial charge in [0, 0.05) is 11.1 Å². The molecule has 0 radical (unpaired) electrons. The molecule has 0 aliphatic heterocycles. The number of nitrogens with zero attached hydrogens (tertiary/aromatic N) is 1. The summed E-state index contributed by atoms with van der Waals surface area (Å²) in [6.45, 7) is 1.31. The highest BCUT2D eigenvalue weighted by molar-refractivity contribution is 6.04. The van der Waals surface area contributed by atoms with Gasteiger partial charge in [-0.1, -0.05) is 48.5 Å². The number of carbonyl (C=O) groups excluding carboxylic acids is 2. The predicted octanol–water partition coefficient (Wildman–Crippen LogP) is 5.32. The second-order valence-electron chi connectivity index (χ2n) is 8.06. The number of carbonyl (C=O) groups is 3. The van der Waals surface area contributed by atoms with Crippen molar-refractivity contribution in [2.24, 2.45) is 0 Å². The van der Waals surface area contributed by atoms with Crippen molar-refractivity contribution in [1.82, 2.24) is 0 Å². The monoisotopic (exact) mass is 459 g/mol. The summed E-state index contributed by atoms with van der Waals surface area (Å²) in [5.74, 6) is -0.997. The number of para-hydroxylation sites is 2. The van der Waals surface area contributed by atoms with E-state index >= 15 is 0 Å². The molecule has 1 unspecified atom stereocenters. The van der Waals surface area contributed by atoms with Crippen molar-refractivity contribution in [1.29, 1.82) is 0 Å². The van der Waals surface area contributed by atoms with Gasteiger partial charge in [0.25, 0.3) is 0 Å². The normalized spacial score (nSPS) is 15.1. The van der Waals surface area contributed by atoms with E-state index in [4.69, 9.17) is 14.6 Å². The molecule has 7 heteroatoms. The van der Waals surface area contributed by atoms with Crippen LogP contribution in [0.15, 0.2) is 72.8 Å². The maximum Gasteiger partial charge on any atom is 0.419 e. The number of carboxylic acids is 1. The molecule has 3 aromatic carbocycles. The molecule has 1 amide bonds. The van der Waals surface area contributed by atoms with Crippen molar-refractivity contribution in [2.75, 3.05) is 11.5 Å². The van der Waals surface area contributed by atoms with E-state index in [1.54, 1.807) is 36.4 Å². The van der Waals surface area contributed by atoms with E-state index in [1.807, 2.05) is 43.3 Å². The fourth-order valence-electron chi connectivity index (χ4n) is 4.13. The van der Waals surface area contributed by atoms with Crippen LogP contribution in [0.2, 0.25) is 0 Å². The van der Waals surface area contributed by atoms with E-state index in [0.717, 1.165) is 5.56 Å². The zero-order valence-electron chi connectivity index (χ0n) is 18.8. The zero-order chi connectivity index (χ0) is 24.1. The van der Waals surface area contributed by atoms with Gasteiger partial charge in [-0.3, -0.25) is 4.79 Å². The Morgan fingerprint density at radius 1 is 0.971 bits per heavy atom. The highest BCUT2D eigenvalue weighted by Gasteiger charge is 2.32. The molecular formula is C27H25NO6. The Labute approximate surface area is 197 Å². The van der Waals surface area contributed by atoms with E-state index in [0.29, 0.717) is 47.5 Å². The number of aryl methyl sites for hydroxylation is 1. The van der Waals surface area contributed by atoms with Gasteiger partial charge in [-0.2, -0.15) is 0 Å². The molecule has 0 heterocycles. The minimum atomic E-state index is -1.09. The van der Waals surface area contributed by atoms with Gasteiger partial charge < -0.3 is 14.6 Å². The summed E-state index contributed by atoms with van der Waals surface area (Å²) in [7, 11) is 0. The third-order valence-corrected chi connectivity index (χ3v) is 5.70. The van der Waals surface area contributed by atoms with Crippen LogP contribution in [-0.4, -0.2) is 35.7 Å². The van der Waals surface area contributed by atoms with Crippen molar-refractivity contribution in [2.45, 2.75) is 32.3 Å². The standard InChI is InChI=1S/C27H25NO6/c1-18-15-16-21-22(26(18)33-17-24(29)30)13-8-14-23(25(21)31)34-27(32)28(19-9-4-2-5-10-19)20-11-6-3-7-12-20/h2-7,9-12,15-16,23H,8,13-14,17H2,1H3,(H,29,30). The molecule has 0 fully saturated rings. The van der Waals surface area contributed by atoms with Crippen molar-refractivity contribution in [3.05, 3.63) is 89.5 Å². The third kappa shape index (κ3) is 4.93. The van der Waals surface area contributed by atoms with Crippen LogP contribution in [0, 0.1) is 6.92 Å². The summed E-state index contributed by atoms with van der Waals surface area (Å²) in [6.07, 6.45) is -0.145. The summed E-state index contributed by atoms with van der Waals surface area (Å²) >= 11 is 0. The molecule has 0 saturated carbocycles. The number of amides is 1. The van der Waals surface area contributed by atoms with E-state index in [1.165, 1.54) is 4.90 Å². The van der Waals surface area contributed by atoms with E-state index < -0.39 is 24.8 Å². The average Bonchev–Trinajstić information content (AvgIpc) is 2.98. The number of aliphatic carboxylic acids is 1. The summed E-state index contributed by atoms with van der Waals surface area (Å²) in [4.78, 5) is 39.2. The number of benzene rings is 3. The number of hydrogen-bond acceptors (Lipinski definition) is 5. The van der Waals surface area contributed by atoms with E-state index in [2.05, 4.69) is 0 Å². The Balaban J connectivity index is 1.62. The van der Waals surface area contributed by atoms with E-state index in [9.17, 15) is 14.4 Å². The molecule has 4 rings (SSSR count). The Bertz CT molecular complexity index is 1150. The minimum absolute atomic E-state index is 0.318. The summed E-state index contributed by atoms with van der Waals surface area (Å²) in [6, 6.07) is 21.6. The van der Waals surface area contributed by atoms with Gasteiger partial charge in [0.15, 0.2) is 12.7 Å². The van der Waals surface area contributed by atoms with Crippen LogP contribution in [0.5, 0.6) is 5.75 Å². The first-order valence-corrected chi connectivity index (χ1v) is 11.1. The molecule has 34 heavy (non-hydrogen) atoms. The second-order valence-corrected chi connectivity index (χ2v) is 8.06. The zero-order valence-corrected chi connectivity index (χ0v) is 18.8. The number of anilines is 2. The molecular weight excluding hydrogens is 434 g/mol. The quantitative estimate of drug-likeness (QED) is 0.502. The lowest BCUT2D eigenvalue weighted by Crippen LogP contribution is -2.34. The molecule has 1 aliphatic rings. The number of carboxylic acid groups (broad SMARTS) is 1. The summed E-state index contributed by atoms with van der Waals surface area (Å²) < 4.78 is 11.3. The molecule has 0 spiro atoms. The number of ether oxygens (including phenoxy) is 2. The largest absolute Gasteiger partial charge is 0.481 e. The number of Topliss-reactive ketones (excluding diaryl/α,β-unsaturated/α-hetero) is 1. The maximum absolute atomic E-state index is 13.4. The molecule has 3 aromatic rings. The molecule has 0 saturated heterocycles. The molecule has 1 N–H and O–H groups in total. The number of ketones is 1. The molecule has 0 bridgehead atoms. The first-order chi connectivity index (χ1) is 16.5. The van der Waals surface area contributed by atoms with Crippen LogP contribution < -0.4 is 9.64 Å². The Morgan fingerprint density at radius 2 is 1.59 bits per heavy atom. The summed E-state index contributed by atoms with van der Waals surface area (Å²) in [5, 5.41) is 9.00. The molecule has 1 atom stereocenters. The highest BCUT2D eigenvalue weighted by Crippen LogP contribution is 2.34. The topological polar surface area (TPSA) is 93.1 Å². The van der Waals surface area contributed by atoms with Gasteiger partial charge in [0.2, 0.25) is 5.78 Å². The Morgan fingerprint density at radius 3 is 2.18 bits per heavy atom. The lowest BCUT2D eigenvalue weighted by atomic mass is 9.97. The van der Waals surface area contributed by atoms with Crippen LogP contribution >= 0.6 is 0 Å². The maximum atomic E-state index is 13.4. The van der Waals surface area contributed by atoms with Gasteiger partial charge in [-0.25, -0.2) is 14.5 Å². The molecule has 7 nitrogen and oxygen atoms in total. The number of rotatable bonds is 6. The second kappa shape index (κ2) is 10.2. The van der Waals surface area contributed by atoms with Crippen LogP contribution in [0.3, 0.4) is 0 Å². The van der Waals surface area contributed by atoms with Crippen molar-refractivity contribution >= 4 is 29.2 Å². The average molecular weight is 459 g/mol. The molecule has 1 aliphatic carbocycles. The van der Waals surface area contributed by atoms with Crippen molar-refractivity contribution < 1.29 is 29.0 Å². The predicted molar refractivity (Wildman–Crippen MR) is 127 cm³/mol. The molecule has 0 aromatic heterocycles. The van der Waals surface area contributed by atoms with Gasteiger partial charge in [-0.05, 0) is 56.0 Å². The van der Waals surface area contributed by atoms with Crippen molar-refractivity contribution in [3.8, 4) is 5.75 Å². The Kier molecular flexibility index (Phi) is 6.92. The number of hydrogen-bond donors (Lipinski definition) is 1.